The first kappa shape index (κ1) is 17.7. The number of rotatable bonds is 6. The van der Waals surface area contributed by atoms with E-state index in [1.54, 1.807) is 6.21 Å². The Kier molecular flexibility index (Phi) is 5.56. The predicted octanol–water partition coefficient (Wildman–Crippen LogP) is 3.86. The lowest BCUT2D eigenvalue weighted by Crippen LogP contribution is -2.55. The molecule has 0 amide bonds. The van der Waals surface area contributed by atoms with Crippen molar-refractivity contribution in [2.45, 2.75) is 31.6 Å². The molecule has 0 fully saturated rings. The van der Waals surface area contributed by atoms with Crippen LogP contribution in [0.15, 0.2) is 76.0 Å². The average molecular weight is 399 g/mol. The second-order valence-electron chi connectivity index (χ2n) is 6.31. The van der Waals surface area contributed by atoms with E-state index in [-0.39, 0.29) is 6.04 Å². The SMILES string of the molecule is CC(NC1=CC=NC(N)(CCc2ccc(Br)cc2)N1)c1ccccc1. The van der Waals surface area contributed by atoms with Crippen molar-refractivity contribution in [1.29, 1.82) is 0 Å². The molecular formula is C20H23BrN4. The second-order valence-corrected chi connectivity index (χ2v) is 7.23. The molecule has 0 bridgehead atoms. The fourth-order valence-electron chi connectivity index (χ4n) is 2.81. The fourth-order valence-corrected chi connectivity index (χ4v) is 3.07. The molecule has 1 aliphatic rings. The molecule has 4 nitrogen and oxygen atoms in total. The first-order chi connectivity index (χ1) is 12.0. The van der Waals surface area contributed by atoms with Gasteiger partial charge in [-0.1, -0.05) is 58.4 Å². The minimum absolute atomic E-state index is 0.183. The van der Waals surface area contributed by atoms with Gasteiger partial charge in [0.2, 0.25) is 0 Å². The average Bonchev–Trinajstić information content (AvgIpc) is 2.62. The number of nitrogens with one attached hydrogen (secondary N) is 2. The monoisotopic (exact) mass is 398 g/mol. The zero-order valence-electron chi connectivity index (χ0n) is 14.2. The number of nitrogens with two attached hydrogens (primary N) is 1. The van der Waals surface area contributed by atoms with Gasteiger partial charge in [-0.3, -0.25) is 10.7 Å². The third-order valence-electron chi connectivity index (χ3n) is 4.28. The van der Waals surface area contributed by atoms with Gasteiger partial charge in [-0.25, -0.2) is 0 Å². The highest BCUT2D eigenvalue weighted by molar-refractivity contribution is 9.10. The van der Waals surface area contributed by atoms with E-state index >= 15 is 0 Å². The van der Waals surface area contributed by atoms with Crippen molar-refractivity contribution in [2.24, 2.45) is 10.7 Å². The molecule has 130 valence electrons. The number of halogens is 1. The Bertz CT molecular complexity index is 755. The maximum atomic E-state index is 6.44. The first-order valence-electron chi connectivity index (χ1n) is 8.43. The minimum atomic E-state index is -0.791. The first-order valence-corrected chi connectivity index (χ1v) is 9.22. The molecule has 2 aromatic rings. The summed E-state index contributed by atoms with van der Waals surface area (Å²) < 4.78 is 1.08. The van der Waals surface area contributed by atoms with E-state index in [9.17, 15) is 0 Å². The highest BCUT2D eigenvalue weighted by Gasteiger charge is 2.26. The number of hydrogen-bond donors (Lipinski definition) is 3. The van der Waals surface area contributed by atoms with Crippen LogP contribution in [0.25, 0.3) is 0 Å². The number of nitrogens with zero attached hydrogens (tertiary/aromatic N) is 1. The highest BCUT2D eigenvalue weighted by atomic mass is 79.9. The van der Waals surface area contributed by atoms with Crippen molar-refractivity contribution in [2.75, 3.05) is 0 Å². The molecule has 4 N–H and O–H groups in total. The van der Waals surface area contributed by atoms with E-state index < -0.39 is 5.79 Å². The van der Waals surface area contributed by atoms with Crippen LogP contribution in [-0.4, -0.2) is 12.0 Å². The summed E-state index contributed by atoms with van der Waals surface area (Å²) in [4.78, 5) is 4.44. The summed E-state index contributed by atoms with van der Waals surface area (Å²) in [5, 5.41) is 6.80. The molecule has 0 aromatic heterocycles. The Labute approximate surface area is 157 Å². The summed E-state index contributed by atoms with van der Waals surface area (Å²) in [5.41, 5.74) is 8.91. The standard InChI is InChI=1S/C20H23BrN4/c1-15(17-5-3-2-4-6-17)24-19-12-14-23-20(22,25-19)13-11-16-7-9-18(21)10-8-16/h2-10,12,14-15,24-25H,11,13,22H2,1H3. The summed E-state index contributed by atoms with van der Waals surface area (Å²) in [6.45, 7) is 2.13. The Morgan fingerprint density at radius 2 is 1.88 bits per heavy atom. The van der Waals surface area contributed by atoms with Crippen molar-refractivity contribution in [3.63, 3.8) is 0 Å². The van der Waals surface area contributed by atoms with Crippen molar-refractivity contribution in [1.82, 2.24) is 10.6 Å². The van der Waals surface area contributed by atoms with Crippen LogP contribution in [0.3, 0.4) is 0 Å². The predicted molar refractivity (Wildman–Crippen MR) is 107 cm³/mol. The van der Waals surface area contributed by atoms with E-state index in [0.717, 1.165) is 16.7 Å². The molecule has 5 heteroatoms. The van der Waals surface area contributed by atoms with Gasteiger partial charge in [0, 0.05) is 23.1 Å². The van der Waals surface area contributed by atoms with Crippen LogP contribution in [0.1, 0.15) is 30.5 Å². The van der Waals surface area contributed by atoms with E-state index in [4.69, 9.17) is 5.73 Å². The smallest absolute Gasteiger partial charge is 0.183 e. The van der Waals surface area contributed by atoms with Crippen LogP contribution in [0.2, 0.25) is 0 Å². The molecule has 2 unspecified atom stereocenters. The quantitative estimate of drug-likeness (QED) is 0.691. The van der Waals surface area contributed by atoms with E-state index in [2.05, 4.69) is 62.7 Å². The van der Waals surface area contributed by atoms with Gasteiger partial charge in [-0.2, -0.15) is 0 Å². The lowest BCUT2D eigenvalue weighted by atomic mass is 10.1. The van der Waals surface area contributed by atoms with Crippen LogP contribution < -0.4 is 16.4 Å². The van der Waals surface area contributed by atoms with E-state index in [1.165, 1.54) is 11.1 Å². The molecule has 3 rings (SSSR count). The van der Waals surface area contributed by atoms with Gasteiger partial charge < -0.3 is 10.6 Å². The topological polar surface area (TPSA) is 62.4 Å². The summed E-state index contributed by atoms with van der Waals surface area (Å²) in [7, 11) is 0. The molecule has 0 saturated carbocycles. The number of hydrogen-bond acceptors (Lipinski definition) is 4. The lowest BCUT2D eigenvalue weighted by molar-refractivity contribution is 0.338. The van der Waals surface area contributed by atoms with Crippen molar-refractivity contribution in [3.05, 3.63) is 82.1 Å². The van der Waals surface area contributed by atoms with Gasteiger partial charge in [-0.15, -0.1) is 0 Å². The van der Waals surface area contributed by atoms with Crippen LogP contribution in [0, 0.1) is 0 Å². The van der Waals surface area contributed by atoms with Crippen molar-refractivity contribution in [3.8, 4) is 0 Å². The molecule has 0 radical (unpaired) electrons. The maximum absolute atomic E-state index is 6.44. The summed E-state index contributed by atoms with van der Waals surface area (Å²) in [6.07, 6.45) is 5.27. The Morgan fingerprint density at radius 3 is 2.60 bits per heavy atom. The van der Waals surface area contributed by atoms with Gasteiger partial charge in [0.05, 0.1) is 0 Å². The van der Waals surface area contributed by atoms with Crippen LogP contribution in [0.5, 0.6) is 0 Å². The van der Waals surface area contributed by atoms with Crippen molar-refractivity contribution < 1.29 is 0 Å². The molecule has 1 aliphatic heterocycles. The number of aryl methyl sites for hydroxylation is 1. The fraction of sp³-hybridized carbons (Fsp3) is 0.250. The second kappa shape index (κ2) is 7.85. The zero-order chi connectivity index (χ0) is 17.7. The number of aliphatic imine (C=N–C) groups is 1. The van der Waals surface area contributed by atoms with E-state index in [1.807, 2.05) is 36.4 Å². The Balaban J connectivity index is 1.59. The van der Waals surface area contributed by atoms with Crippen LogP contribution >= 0.6 is 15.9 Å². The van der Waals surface area contributed by atoms with Crippen LogP contribution in [-0.2, 0) is 6.42 Å². The Hall–Kier alpha value is -2.11. The summed E-state index contributed by atoms with van der Waals surface area (Å²) >= 11 is 3.46. The van der Waals surface area contributed by atoms with Gasteiger partial charge >= 0.3 is 0 Å². The molecule has 25 heavy (non-hydrogen) atoms. The van der Waals surface area contributed by atoms with E-state index in [0.29, 0.717) is 6.42 Å². The number of allylic oxidation sites excluding steroid dienone is 1. The lowest BCUT2D eigenvalue weighted by Gasteiger charge is -2.32. The zero-order valence-corrected chi connectivity index (χ0v) is 15.8. The Morgan fingerprint density at radius 1 is 1.16 bits per heavy atom. The molecule has 0 spiro atoms. The molecular weight excluding hydrogens is 376 g/mol. The van der Waals surface area contributed by atoms with Gasteiger partial charge in [0.25, 0.3) is 0 Å². The molecule has 0 saturated heterocycles. The highest BCUT2D eigenvalue weighted by Crippen LogP contribution is 2.18. The normalized spacial score (nSPS) is 20.5. The molecule has 2 aromatic carbocycles. The minimum Gasteiger partial charge on any atom is -0.365 e. The van der Waals surface area contributed by atoms with Gasteiger partial charge in [0.15, 0.2) is 5.79 Å². The molecule has 2 atom stereocenters. The third kappa shape index (κ3) is 4.94. The molecule has 1 heterocycles. The maximum Gasteiger partial charge on any atom is 0.183 e. The van der Waals surface area contributed by atoms with Gasteiger partial charge in [0.1, 0.15) is 5.82 Å². The molecule has 0 aliphatic carbocycles. The third-order valence-corrected chi connectivity index (χ3v) is 4.81. The largest absolute Gasteiger partial charge is 0.365 e. The van der Waals surface area contributed by atoms with Crippen LogP contribution in [0.4, 0.5) is 0 Å². The summed E-state index contributed by atoms with van der Waals surface area (Å²) in [5.74, 6) is 0.102. The van der Waals surface area contributed by atoms with Gasteiger partial charge in [-0.05, 0) is 42.7 Å². The van der Waals surface area contributed by atoms with Crippen molar-refractivity contribution >= 4 is 22.1 Å². The number of benzene rings is 2. The summed E-state index contributed by atoms with van der Waals surface area (Å²) in [6, 6.07) is 18.8.